The first-order chi connectivity index (χ1) is 10.5. The first-order valence-corrected chi connectivity index (χ1v) is 8.67. The molecule has 1 aromatic carbocycles. The van der Waals surface area contributed by atoms with Gasteiger partial charge in [-0.25, -0.2) is 4.98 Å². The molecule has 0 amide bonds. The van der Waals surface area contributed by atoms with Crippen molar-refractivity contribution < 1.29 is 0 Å². The summed E-state index contributed by atoms with van der Waals surface area (Å²) in [7, 11) is 0. The van der Waals surface area contributed by atoms with Gasteiger partial charge in [0.25, 0.3) is 0 Å². The van der Waals surface area contributed by atoms with Crippen molar-refractivity contribution >= 4 is 61.7 Å². The SMILES string of the molecule is CC(C)Sc1cc2[nH]ncc2cc1Nc1nc(Cl)ncc1Br. The van der Waals surface area contributed by atoms with Gasteiger partial charge < -0.3 is 5.32 Å². The number of aromatic nitrogens is 4. The maximum absolute atomic E-state index is 5.88. The second-order valence-corrected chi connectivity index (χ2v) is 7.74. The fourth-order valence-electron chi connectivity index (χ4n) is 1.98. The number of hydrogen-bond donors (Lipinski definition) is 2. The number of H-pyrrole nitrogens is 1. The Balaban J connectivity index is 2.05. The van der Waals surface area contributed by atoms with Crippen molar-refractivity contribution in [2.45, 2.75) is 24.0 Å². The Kier molecular flexibility index (Phi) is 4.56. The van der Waals surface area contributed by atoms with E-state index in [-0.39, 0.29) is 5.28 Å². The Morgan fingerprint density at radius 2 is 2.14 bits per heavy atom. The number of aromatic amines is 1. The van der Waals surface area contributed by atoms with Crippen LogP contribution < -0.4 is 5.32 Å². The van der Waals surface area contributed by atoms with Gasteiger partial charge in [-0.15, -0.1) is 11.8 Å². The second-order valence-electron chi connectivity index (χ2n) is 4.93. The van der Waals surface area contributed by atoms with E-state index in [1.165, 1.54) is 0 Å². The predicted molar refractivity (Wildman–Crippen MR) is 95.1 cm³/mol. The monoisotopic (exact) mass is 397 g/mol. The third kappa shape index (κ3) is 3.37. The molecule has 22 heavy (non-hydrogen) atoms. The molecular weight excluding hydrogens is 386 g/mol. The van der Waals surface area contributed by atoms with Crippen LogP contribution in [0.2, 0.25) is 5.28 Å². The molecule has 3 rings (SSSR count). The van der Waals surface area contributed by atoms with Gasteiger partial charge in [0.2, 0.25) is 5.28 Å². The van der Waals surface area contributed by atoms with Crippen molar-refractivity contribution in [1.29, 1.82) is 0 Å². The molecule has 0 aliphatic heterocycles. The van der Waals surface area contributed by atoms with Crippen molar-refractivity contribution in [2.24, 2.45) is 0 Å². The lowest BCUT2D eigenvalue weighted by atomic mass is 10.2. The minimum Gasteiger partial charge on any atom is -0.338 e. The first-order valence-electron chi connectivity index (χ1n) is 6.62. The number of thioether (sulfide) groups is 1. The number of hydrogen-bond acceptors (Lipinski definition) is 5. The van der Waals surface area contributed by atoms with Crippen molar-refractivity contribution in [3.63, 3.8) is 0 Å². The number of halogens is 2. The maximum atomic E-state index is 5.88. The van der Waals surface area contributed by atoms with E-state index >= 15 is 0 Å². The summed E-state index contributed by atoms with van der Waals surface area (Å²) in [6.45, 7) is 4.31. The van der Waals surface area contributed by atoms with Crippen LogP contribution in [0.4, 0.5) is 11.5 Å². The molecule has 0 fully saturated rings. The zero-order valence-electron chi connectivity index (χ0n) is 11.9. The molecule has 8 heteroatoms. The van der Waals surface area contributed by atoms with Gasteiger partial charge in [-0.2, -0.15) is 10.1 Å². The Morgan fingerprint density at radius 3 is 2.91 bits per heavy atom. The fourth-order valence-corrected chi connectivity index (χ4v) is 3.34. The zero-order chi connectivity index (χ0) is 15.7. The smallest absolute Gasteiger partial charge is 0.224 e. The van der Waals surface area contributed by atoms with E-state index in [2.05, 4.69) is 61.3 Å². The average molecular weight is 399 g/mol. The molecule has 2 aromatic heterocycles. The second kappa shape index (κ2) is 6.44. The van der Waals surface area contributed by atoms with Crippen LogP contribution in [0.15, 0.2) is 33.9 Å². The van der Waals surface area contributed by atoms with Crippen molar-refractivity contribution in [1.82, 2.24) is 20.2 Å². The van der Waals surface area contributed by atoms with E-state index in [1.807, 2.05) is 6.07 Å². The summed E-state index contributed by atoms with van der Waals surface area (Å²) < 4.78 is 0.754. The molecule has 5 nitrogen and oxygen atoms in total. The van der Waals surface area contributed by atoms with Crippen LogP contribution in [-0.4, -0.2) is 25.4 Å². The molecule has 0 atom stereocenters. The molecule has 0 spiro atoms. The highest BCUT2D eigenvalue weighted by molar-refractivity contribution is 9.10. The van der Waals surface area contributed by atoms with Gasteiger partial charge in [-0.1, -0.05) is 13.8 Å². The summed E-state index contributed by atoms with van der Waals surface area (Å²) in [4.78, 5) is 9.28. The van der Waals surface area contributed by atoms with Crippen molar-refractivity contribution in [2.75, 3.05) is 5.32 Å². The first kappa shape index (κ1) is 15.6. The lowest BCUT2D eigenvalue weighted by Crippen LogP contribution is -1.99. The van der Waals surface area contributed by atoms with Gasteiger partial charge in [0.1, 0.15) is 5.82 Å². The van der Waals surface area contributed by atoms with Crippen molar-refractivity contribution in [3.05, 3.63) is 34.3 Å². The predicted octanol–water partition coefficient (Wildman–Crippen LogP) is 5.01. The highest BCUT2D eigenvalue weighted by Crippen LogP contribution is 2.36. The normalized spacial score (nSPS) is 11.3. The van der Waals surface area contributed by atoms with E-state index in [0.717, 1.165) is 26.0 Å². The number of anilines is 2. The van der Waals surface area contributed by atoms with Gasteiger partial charge in [-0.05, 0) is 39.7 Å². The zero-order valence-corrected chi connectivity index (χ0v) is 15.1. The number of fused-ring (bicyclic) bond motifs is 1. The number of nitrogens with zero attached hydrogens (tertiary/aromatic N) is 3. The quantitative estimate of drug-likeness (QED) is 0.477. The molecule has 0 unspecified atom stereocenters. The van der Waals surface area contributed by atoms with E-state index in [4.69, 9.17) is 11.6 Å². The van der Waals surface area contributed by atoms with Gasteiger partial charge in [0.05, 0.1) is 21.9 Å². The van der Waals surface area contributed by atoms with Gasteiger partial charge in [0.15, 0.2) is 0 Å². The van der Waals surface area contributed by atoms with Gasteiger partial charge in [0, 0.05) is 21.7 Å². The standard InChI is InChI=1S/C14H13BrClN5S/c1-7(2)22-12-4-10-8(5-18-21-10)3-11(12)19-13-9(15)6-17-14(16)20-13/h3-7H,1-2H3,(H,18,21)(H,17,19,20). The molecule has 0 saturated carbocycles. The van der Waals surface area contributed by atoms with Crippen LogP contribution >= 0.6 is 39.3 Å². The van der Waals surface area contributed by atoms with E-state index in [1.54, 1.807) is 24.2 Å². The molecule has 2 heterocycles. The number of nitrogens with one attached hydrogen (secondary N) is 2. The van der Waals surface area contributed by atoms with E-state index in [0.29, 0.717) is 11.1 Å². The van der Waals surface area contributed by atoms with Crippen LogP contribution in [0.3, 0.4) is 0 Å². The number of rotatable bonds is 4. The largest absolute Gasteiger partial charge is 0.338 e. The summed E-state index contributed by atoms with van der Waals surface area (Å²) in [6.07, 6.45) is 3.43. The molecule has 114 valence electrons. The summed E-state index contributed by atoms with van der Waals surface area (Å²) in [5, 5.41) is 12.1. The topological polar surface area (TPSA) is 66.5 Å². The average Bonchev–Trinajstić information content (AvgIpc) is 2.89. The van der Waals surface area contributed by atoms with Crippen LogP contribution in [-0.2, 0) is 0 Å². The molecule has 0 aliphatic carbocycles. The Hall–Kier alpha value is -1.31. The lowest BCUT2D eigenvalue weighted by molar-refractivity contribution is 1.10. The van der Waals surface area contributed by atoms with Crippen molar-refractivity contribution in [3.8, 4) is 0 Å². The summed E-state index contributed by atoms with van der Waals surface area (Å²) in [5.74, 6) is 0.633. The minimum absolute atomic E-state index is 0.202. The molecule has 0 aliphatic rings. The van der Waals surface area contributed by atoms with E-state index in [9.17, 15) is 0 Å². The lowest BCUT2D eigenvalue weighted by Gasteiger charge is -2.14. The third-order valence-corrected chi connectivity index (χ3v) is 4.70. The van der Waals surface area contributed by atoms with Crippen LogP contribution in [0.25, 0.3) is 10.9 Å². The third-order valence-electron chi connectivity index (χ3n) is 2.87. The van der Waals surface area contributed by atoms with Crippen LogP contribution in [0.1, 0.15) is 13.8 Å². The fraction of sp³-hybridized carbons (Fsp3) is 0.214. The molecule has 0 saturated heterocycles. The molecule has 0 radical (unpaired) electrons. The van der Waals surface area contributed by atoms with Crippen LogP contribution in [0.5, 0.6) is 0 Å². The number of benzene rings is 1. The van der Waals surface area contributed by atoms with Gasteiger partial charge >= 0.3 is 0 Å². The van der Waals surface area contributed by atoms with Gasteiger partial charge in [-0.3, -0.25) is 5.10 Å². The Morgan fingerprint density at radius 1 is 1.32 bits per heavy atom. The summed E-state index contributed by atoms with van der Waals surface area (Å²) in [5.41, 5.74) is 1.97. The highest BCUT2D eigenvalue weighted by atomic mass is 79.9. The summed E-state index contributed by atoms with van der Waals surface area (Å²) >= 11 is 11.1. The molecule has 3 aromatic rings. The molecular formula is C14H13BrClN5S. The molecule has 0 bridgehead atoms. The highest BCUT2D eigenvalue weighted by Gasteiger charge is 2.12. The Bertz CT molecular complexity index is 820. The maximum Gasteiger partial charge on any atom is 0.224 e. The van der Waals surface area contributed by atoms with Crippen LogP contribution in [0, 0.1) is 0 Å². The Labute approximate surface area is 145 Å². The summed E-state index contributed by atoms with van der Waals surface area (Å²) in [6, 6.07) is 4.14. The van der Waals surface area contributed by atoms with E-state index < -0.39 is 0 Å². The minimum atomic E-state index is 0.202. The molecule has 2 N–H and O–H groups in total.